The van der Waals surface area contributed by atoms with Crippen LogP contribution in [0.1, 0.15) is 37.4 Å². The minimum atomic E-state index is -4.18. The molecule has 0 fully saturated rings. The van der Waals surface area contributed by atoms with Gasteiger partial charge in [-0.2, -0.15) is 13.8 Å². The Labute approximate surface area is 113 Å². The zero-order valence-corrected chi connectivity index (χ0v) is 11.0. The van der Waals surface area contributed by atoms with Crippen molar-refractivity contribution in [1.82, 2.24) is 10.1 Å². The molecule has 1 unspecified atom stereocenters. The lowest BCUT2D eigenvalue weighted by molar-refractivity contribution is -0.168. The Hall–Kier alpha value is -1.22. The van der Waals surface area contributed by atoms with Gasteiger partial charge in [0.15, 0.2) is 5.82 Å². The van der Waals surface area contributed by atoms with Gasteiger partial charge in [0.1, 0.15) is 13.2 Å². The van der Waals surface area contributed by atoms with Gasteiger partial charge in [0.25, 0.3) is 0 Å². The van der Waals surface area contributed by atoms with Gasteiger partial charge in [-0.25, -0.2) is 8.78 Å². The van der Waals surface area contributed by atoms with Gasteiger partial charge < -0.3 is 15.0 Å². The first-order valence-corrected chi connectivity index (χ1v) is 6.13. The number of hydrogen-bond acceptors (Lipinski definition) is 5. The van der Waals surface area contributed by atoms with E-state index in [1.54, 1.807) is 0 Å². The standard InChI is InChI=1S/C11H17F4N3O2/c1-7(3-2-4-16)9-17-8(18-20-9)5-19-6-11(14,15)10(12)13/h7,10H,2-6,16H2,1H3. The van der Waals surface area contributed by atoms with E-state index in [1.165, 1.54) is 0 Å². The van der Waals surface area contributed by atoms with E-state index >= 15 is 0 Å². The SMILES string of the molecule is CC(CCCN)c1nc(COCC(F)(F)C(F)F)no1. The molecule has 0 aliphatic carbocycles. The summed E-state index contributed by atoms with van der Waals surface area (Å²) in [6.45, 7) is 0.600. The van der Waals surface area contributed by atoms with Gasteiger partial charge >= 0.3 is 12.3 Å². The first-order valence-electron chi connectivity index (χ1n) is 6.13. The Morgan fingerprint density at radius 3 is 2.70 bits per heavy atom. The molecular formula is C11H17F4N3O2. The molecule has 0 spiro atoms. The largest absolute Gasteiger partial charge is 0.367 e. The Kier molecular flexibility index (Phi) is 6.34. The smallest absolute Gasteiger partial charge is 0.330 e. The van der Waals surface area contributed by atoms with E-state index in [4.69, 9.17) is 10.3 Å². The van der Waals surface area contributed by atoms with Gasteiger partial charge in [0.05, 0.1) is 0 Å². The number of nitrogens with two attached hydrogens (primary N) is 1. The van der Waals surface area contributed by atoms with Crippen molar-refractivity contribution in [3.63, 3.8) is 0 Å². The third kappa shape index (κ3) is 5.04. The predicted molar refractivity (Wildman–Crippen MR) is 61.6 cm³/mol. The summed E-state index contributed by atoms with van der Waals surface area (Å²) < 4.78 is 58.3. The van der Waals surface area contributed by atoms with E-state index in [0.29, 0.717) is 12.4 Å². The van der Waals surface area contributed by atoms with Gasteiger partial charge in [0.2, 0.25) is 5.89 Å². The van der Waals surface area contributed by atoms with Gasteiger partial charge in [-0.05, 0) is 19.4 Å². The second-order valence-electron chi connectivity index (χ2n) is 4.44. The molecule has 0 radical (unpaired) electrons. The summed E-state index contributed by atoms with van der Waals surface area (Å²) >= 11 is 0. The van der Waals surface area contributed by atoms with Crippen molar-refractivity contribution >= 4 is 0 Å². The second-order valence-corrected chi connectivity index (χ2v) is 4.44. The van der Waals surface area contributed by atoms with Crippen molar-refractivity contribution in [3.05, 3.63) is 11.7 Å². The van der Waals surface area contributed by atoms with E-state index in [0.717, 1.165) is 12.8 Å². The normalized spacial score (nSPS) is 13.9. The fourth-order valence-corrected chi connectivity index (χ4v) is 1.42. The number of aromatic nitrogens is 2. The van der Waals surface area contributed by atoms with Gasteiger partial charge in [-0.15, -0.1) is 0 Å². The molecule has 1 aromatic heterocycles. The Morgan fingerprint density at radius 2 is 2.10 bits per heavy atom. The minimum Gasteiger partial charge on any atom is -0.367 e. The van der Waals surface area contributed by atoms with Crippen LogP contribution in [0, 0.1) is 0 Å². The molecular weight excluding hydrogens is 282 g/mol. The number of nitrogens with zero attached hydrogens (tertiary/aromatic N) is 2. The maximum absolute atomic E-state index is 12.6. The van der Waals surface area contributed by atoms with Gasteiger partial charge in [-0.3, -0.25) is 0 Å². The molecule has 2 N–H and O–H groups in total. The number of halogens is 4. The molecule has 1 aromatic rings. The Bertz CT molecular complexity index is 401. The summed E-state index contributed by atoms with van der Waals surface area (Å²) in [4.78, 5) is 3.95. The molecule has 20 heavy (non-hydrogen) atoms. The molecule has 0 aromatic carbocycles. The number of ether oxygens (including phenoxy) is 1. The van der Waals surface area contributed by atoms with Crippen LogP contribution in [0.25, 0.3) is 0 Å². The van der Waals surface area contributed by atoms with E-state index < -0.39 is 25.6 Å². The summed E-state index contributed by atoms with van der Waals surface area (Å²) in [5.41, 5.74) is 5.37. The lowest BCUT2D eigenvalue weighted by Crippen LogP contribution is -2.32. The van der Waals surface area contributed by atoms with Crippen LogP contribution in [-0.2, 0) is 11.3 Å². The molecule has 5 nitrogen and oxygen atoms in total. The van der Waals surface area contributed by atoms with Crippen LogP contribution in [-0.4, -0.2) is 35.6 Å². The maximum Gasteiger partial charge on any atom is 0.330 e. The lowest BCUT2D eigenvalue weighted by Gasteiger charge is -2.14. The topological polar surface area (TPSA) is 74.2 Å². The highest BCUT2D eigenvalue weighted by atomic mass is 19.3. The summed E-state index contributed by atoms with van der Waals surface area (Å²) in [6, 6.07) is 0. The van der Waals surface area contributed by atoms with Crippen molar-refractivity contribution in [3.8, 4) is 0 Å². The average molecular weight is 299 g/mol. The minimum absolute atomic E-state index is 0.0118. The monoisotopic (exact) mass is 299 g/mol. The fraction of sp³-hybridized carbons (Fsp3) is 0.818. The first-order chi connectivity index (χ1) is 9.36. The van der Waals surface area contributed by atoms with Crippen molar-refractivity contribution in [1.29, 1.82) is 0 Å². The van der Waals surface area contributed by atoms with Crippen LogP contribution in [0.5, 0.6) is 0 Å². The highest BCUT2D eigenvalue weighted by Gasteiger charge is 2.41. The molecule has 9 heteroatoms. The van der Waals surface area contributed by atoms with Crippen LogP contribution in [0.15, 0.2) is 4.52 Å². The molecule has 116 valence electrons. The Morgan fingerprint density at radius 1 is 1.40 bits per heavy atom. The maximum atomic E-state index is 12.6. The van der Waals surface area contributed by atoms with E-state index in [1.807, 2.05) is 6.92 Å². The van der Waals surface area contributed by atoms with Gasteiger partial charge in [-0.1, -0.05) is 12.1 Å². The molecule has 0 saturated heterocycles. The Balaban J connectivity index is 2.41. The summed E-state index contributed by atoms with van der Waals surface area (Å²) in [6.07, 6.45) is -2.22. The number of hydrogen-bond donors (Lipinski definition) is 1. The van der Waals surface area contributed by atoms with Gasteiger partial charge in [0, 0.05) is 5.92 Å². The molecule has 0 amide bonds. The zero-order chi connectivity index (χ0) is 15.2. The van der Waals surface area contributed by atoms with Crippen molar-refractivity contribution in [2.24, 2.45) is 5.73 Å². The van der Waals surface area contributed by atoms with E-state index in [-0.39, 0.29) is 11.7 Å². The summed E-state index contributed by atoms with van der Waals surface area (Å²) in [7, 11) is 0. The summed E-state index contributed by atoms with van der Waals surface area (Å²) in [5, 5.41) is 3.54. The third-order valence-corrected chi connectivity index (χ3v) is 2.59. The predicted octanol–water partition coefficient (Wildman–Crippen LogP) is 2.33. The average Bonchev–Trinajstić information content (AvgIpc) is 2.84. The molecule has 0 saturated carbocycles. The van der Waals surface area contributed by atoms with Crippen molar-refractivity contribution < 1.29 is 26.8 Å². The number of alkyl halides is 4. The zero-order valence-electron chi connectivity index (χ0n) is 11.0. The van der Waals surface area contributed by atoms with Crippen molar-refractivity contribution in [2.45, 2.75) is 44.6 Å². The van der Waals surface area contributed by atoms with Crippen molar-refractivity contribution in [2.75, 3.05) is 13.2 Å². The highest BCUT2D eigenvalue weighted by molar-refractivity contribution is 4.91. The number of rotatable bonds is 9. The quantitative estimate of drug-likeness (QED) is 0.708. The van der Waals surface area contributed by atoms with Crippen LogP contribution in [0.2, 0.25) is 0 Å². The van der Waals surface area contributed by atoms with E-state index in [9.17, 15) is 17.6 Å². The fourth-order valence-electron chi connectivity index (χ4n) is 1.42. The van der Waals surface area contributed by atoms with Crippen LogP contribution in [0.3, 0.4) is 0 Å². The highest BCUT2D eigenvalue weighted by Crippen LogP contribution is 2.23. The molecule has 1 atom stereocenters. The first kappa shape index (κ1) is 16.8. The summed E-state index contributed by atoms with van der Waals surface area (Å²) in [5.74, 6) is -3.80. The molecule has 0 aliphatic heterocycles. The molecule has 0 aliphatic rings. The molecule has 1 rings (SSSR count). The van der Waals surface area contributed by atoms with Crippen LogP contribution < -0.4 is 5.73 Å². The third-order valence-electron chi connectivity index (χ3n) is 2.59. The van der Waals surface area contributed by atoms with E-state index in [2.05, 4.69) is 14.9 Å². The molecule has 1 heterocycles. The van der Waals surface area contributed by atoms with Crippen LogP contribution >= 0.6 is 0 Å². The van der Waals surface area contributed by atoms with Crippen LogP contribution in [0.4, 0.5) is 17.6 Å². The molecule has 0 bridgehead atoms. The second kappa shape index (κ2) is 7.53. The lowest BCUT2D eigenvalue weighted by atomic mass is 10.1.